The van der Waals surface area contributed by atoms with Gasteiger partial charge < -0.3 is 24.3 Å². The standard InChI is InChI=1S/C17H25N3O8/c1-2-6-25-8-10-27-12-13-28-11-9-26-7-5-18-16-4-3-15(19(21)22)14-17(16)20(23)24/h2-4,14,18H,1,5-13H2. The lowest BCUT2D eigenvalue weighted by Crippen LogP contribution is -2.15. The van der Waals surface area contributed by atoms with Crippen molar-refractivity contribution in [1.29, 1.82) is 0 Å². The van der Waals surface area contributed by atoms with Crippen LogP contribution in [0.25, 0.3) is 0 Å². The van der Waals surface area contributed by atoms with E-state index in [1.54, 1.807) is 6.08 Å². The summed E-state index contributed by atoms with van der Waals surface area (Å²) >= 11 is 0. The number of nitro benzene ring substituents is 2. The molecule has 0 aliphatic rings. The first-order valence-corrected chi connectivity index (χ1v) is 8.64. The first kappa shape index (κ1) is 23.4. The second-order valence-electron chi connectivity index (χ2n) is 5.34. The number of benzene rings is 1. The van der Waals surface area contributed by atoms with Crippen LogP contribution in [-0.4, -0.2) is 69.2 Å². The topological polar surface area (TPSA) is 135 Å². The molecule has 0 aliphatic carbocycles. The van der Waals surface area contributed by atoms with E-state index in [9.17, 15) is 20.2 Å². The molecule has 0 atom stereocenters. The zero-order valence-corrected chi connectivity index (χ0v) is 15.5. The number of rotatable bonds is 17. The quantitative estimate of drug-likeness (QED) is 0.181. The highest BCUT2D eigenvalue weighted by atomic mass is 16.6. The van der Waals surface area contributed by atoms with Gasteiger partial charge in [0.05, 0.1) is 68.8 Å². The Kier molecular flexibility index (Phi) is 12.1. The fourth-order valence-corrected chi connectivity index (χ4v) is 2.02. The Balaban J connectivity index is 2.08. The van der Waals surface area contributed by atoms with E-state index >= 15 is 0 Å². The van der Waals surface area contributed by atoms with E-state index in [2.05, 4.69) is 11.9 Å². The summed E-state index contributed by atoms with van der Waals surface area (Å²) in [6.07, 6.45) is 1.67. The lowest BCUT2D eigenvalue weighted by molar-refractivity contribution is -0.393. The summed E-state index contributed by atoms with van der Waals surface area (Å²) in [5.74, 6) is 0. The molecule has 0 saturated heterocycles. The van der Waals surface area contributed by atoms with Crippen molar-refractivity contribution in [3.63, 3.8) is 0 Å². The van der Waals surface area contributed by atoms with Gasteiger partial charge in [0.1, 0.15) is 5.69 Å². The smallest absolute Gasteiger partial charge is 0.299 e. The van der Waals surface area contributed by atoms with Crippen LogP contribution in [-0.2, 0) is 18.9 Å². The van der Waals surface area contributed by atoms with Crippen LogP contribution >= 0.6 is 0 Å². The number of anilines is 1. The molecule has 0 fully saturated rings. The normalized spacial score (nSPS) is 10.6. The van der Waals surface area contributed by atoms with E-state index in [4.69, 9.17) is 18.9 Å². The number of ether oxygens (including phenoxy) is 4. The van der Waals surface area contributed by atoms with E-state index < -0.39 is 9.85 Å². The van der Waals surface area contributed by atoms with Crippen LogP contribution in [0.5, 0.6) is 0 Å². The van der Waals surface area contributed by atoms with Gasteiger partial charge >= 0.3 is 0 Å². The predicted molar refractivity (Wildman–Crippen MR) is 102 cm³/mol. The number of non-ortho nitro benzene ring substituents is 1. The van der Waals surface area contributed by atoms with Gasteiger partial charge in [-0.3, -0.25) is 20.2 Å². The third kappa shape index (κ3) is 9.92. The molecule has 1 N–H and O–H groups in total. The van der Waals surface area contributed by atoms with Crippen LogP contribution in [0, 0.1) is 20.2 Å². The molecule has 0 bridgehead atoms. The monoisotopic (exact) mass is 399 g/mol. The highest BCUT2D eigenvalue weighted by molar-refractivity contribution is 5.65. The average Bonchev–Trinajstić information content (AvgIpc) is 2.68. The maximum Gasteiger partial charge on any atom is 0.299 e. The molecule has 28 heavy (non-hydrogen) atoms. The molecule has 0 radical (unpaired) electrons. The summed E-state index contributed by atoms with van der Waals surface area (Å²) in [4.78, 5) is 20.4. The molecule has 0 heterocycles. The van der Waals surface area contributed by atoms with Crippen LogP contribution in [0.3, 0.4) is 0 Å². The lowest BCUT2D eigenvalue weighted by Gasteiger charge is -2.09. The molecule has 0 saturated carbocycles. The van der Waals surface area contributed by atoms with Gasteiger partial charge in [0.2, 0.25) is 0 Å². The van der Waals surface area contributed by atoms with Crippen molar-refractivity contribution in [2.45, 2.75) is 0 Å². The van der Waals surface area contributed by atoms with Gasteiger partial charge in [-0.2, -0.15) is 0 Å². The fourth-order valence-electron chi connectivity index (χ4n) is 2.02. The Morgan fingerprint density at radius 1 is 0.893 bits per heavy atom. The van der Waals surface area contributed by atoms with Gasteiger partial charge in [0.15, 0.2) is 0 Å². The lowest BCUT2D eigenvalue weighted by atomic mass is 10.2. The molecule has 156 valence electrons. The van der Waals surface area contributed by atoms with Crippen molar-refractivity contribution in [2.75, 3.05) is 64.7 Å². The van der Waals surface area contributed by atoms with Gasteiger partial charge in [-0.15, -0.1) is 6.58 Å². The zero-order chi connectivity index (χ0) is 20.6. The van der Waals surface area contributed by atoms with E-state index in [0.717, 1.165) is 6.07 Å². The summed E-state index contributed by atoms with van der Waals surface area (Å²) in [5.41, 5.74) is -0.490. The van der Waals surface area contributed by atoms with Crippen molar-refractivity contribution < 1.29 is 28.8 Å². The molecular formula is C17H25N3O8. The van der Waals surface area contributed by atoms with Crippen molar-refractivity contribution in [2.24, 2.45) is 0 Å². The SMILES string of the molecule is C=CCOCCOCCOCCOCCNc1ccc([N+](=O)[O-])cc1[N+](=O)[O-]. The van der Waals surface area contributed by atoms with Crippen LogP contribution < -0.4 is 5.32 Å². The summed E-state index contributed by atoms with van der Waals surface area (Å²) in [5, 5.41) is 24.5. The molecule has 0 amide bonds. The first-order chi connectivity index (χ1) is 13.6. The molecule has 0 aliphatic heterocycles. The summed E-state index contributed by atoms with van der Waals surface area (Å²) in [6, 6.07) is 3.43. The fraction of sp³-hybridized carbons (Fsp3) is 0.529. The van der Waals surface area contributed by atoms with E-state index in [0.29, 0.717) is 59.4 Å². The molecule has 1 rings (SSSR count). The van der Waals surface area contributed by atoms with Gasteiger partial charge in [-0.25, -0.2) is 0 Å². The van der Waals surface area contributed by atoms with Crippen LogP contribution in [0.1, 0.15) is 0 Å². The second-order valence-corrected chi connectivity index (χ2v) is 5.34. The largest absolute Gasteiger partial charge is 0.377 e. The summed E-state index contributed by atoms with van der Waals surface area (Å²) < 4.78 is 21.1. The maximum absolute atomic E-state index is 11.0. The molecule has 11 nitrogen and oxygen atoms in total. The molecule has 0 spiro atoms. The minimum Gasteiger partial charge on any atom is -0.377 e. The van der Waals surface area contributed by atoms with Crippen molar-refractivity contribution in [3.8, 4) is 0 Å². The minimum atomic E-state index is -0.679. The number of hydrogen-bond donors (Lipinski definition) is 1. The van der Waals surface area contributed by atoms with E-state index in [1.165, 1.54) is 12.1 Å². The zero-order valence-electron chi connectivity index (χ0n) is 15.5. The second kappa shape index (κ2) is 14.5. The number of nitrogens with zero attached hydrogens (tertiary/aromatic N) is 2. The van der Waals surface area contributed by atoms with Gasteiger partial charge in [0, 0.05) is 12.6 Å². The van der Waals surface area contributed by atoms with Gasteiger partial charge in [-0.05, 0) is 6.07 Å². The molecule has 11 heteroatoms. The minimum absolute atomic E-state index is 0.199. The number of hydrogen-bond acceptors (Lipinski definition) is 9. The van der Waals surface area contributed by atoms with Crippen molar-refractivity contribution >= 4 is 17.1 Å². The Hall–Kier alpha value is -2.60. The highest BCUT2D eigenvalue weighted by Crippen LogP contribution is 2.28. The van der Waals surface area contributed by atoms with Crippen molar-refractivity contribution in [3.05, 3.63) is 51.1 Å². The van der Waals surface area contributed by atoms with Gasteiger partial charge in [-0.1, -0.05) is 6.08 Å². The summed E-state index contributed by atoms with van der Waals surface area (Å²) in [7, 11) is 0. The number of nitro groups is 2. The van der Waals surface area contributed by atoms with Crippen LogP contribution in [0.15, 0.2) is 30.9 Å². The molecular weight excluding hydrogens is 374 g/mol. The number of nitrogens with one attached hydrogen (secondary N) is 1. The van der Waals surface area contributed by atoms with E-state index in [-0.39, 0.29) is 17.1 Å². The van der Waals surface area contributed by atoms with Crippen molar-refractivity contribution in [1.82, 2.24) is 0 Å². The maximum atomic E-state index is 11.0. The Morgan fingerprint density at radius 2 is 1.46 bits per heavy atom. The Bertz CT molecular complexity index is 626. The summed E-state index contributed by atoms with van der Waals surface area (Å²) in [6.45, 7) is 7.33. The van der Waals surface area contributed by atoms with Crippen LogP contribution in [0.2, 0.25) is 0 Å². The van der Waals surface area contributed by atoms with E-state index in [1.807, 2.05) is 0 Å². The molecule has 1 aromatic rings. The highest BCUT2D eigenvalue weighted by Gasteiger charge is 2.18. The predicted octanol–water partition coefficient (Wildman–Crippen LogP) is 2.17. The first-order valence-electron chi connectivity index (χ1n) is 8.64. The Labute approximate surface area is 162 Å². The Morgan fingerprint density at radius 3 is 2.00 bits per heavy atom. The van der Waals surface area contributed by atoms with Crippen LogP contribution in [0.4, 0.5) is 17.1 Å². The third-order valence-corrected chi connectivity index (χ3v) is 3.30. The molecule has 0 unspecified atom stereocenters. The average molecular weight is 399 g/mol. The molecule has 1 aromatic carbocycles. The molecule has 0 aromatic heterocycles. The third-order valence-electron chi connectivity index (χ3n) is 3.30. The van der Waals surface area contributed by atoms with Gasteiger partial charge in [0.25, 0.3) is 11.4 Å².